The topological polar surface area (TPSA) is 76.5 Å². The second kappa shape index (κ2) is 7.66. The number of ether oxygens (including phenoxy) is 1. The molecule has 0 amide bonds. The van der Waals surface area contributed by atoms with Gasteiger partial charge in [0.2, 0.25) is 10.0 Å². The molecule has 0 radical (unpaired) electrons. The predicted molar refractivity (Wildman–Crippen MR) is 106 cm³/mol. The first-order valence-corrected chi connectivity index (χ1v) is 10.7. The molecule has 0 aliphatic carbocycles. The summed E-state index contributed by atoms with van der Waals surface area (Å²) < 4.78 is 72.6. The molecule has 0 bridgehead atoms. The standard InChI is InChI=1S/C20H19F3N4O3S/c1-24-31(28,29)16-7-8-19(30-15-5-3-14(4-6-15)20(21,22)23)18(9-16)27-11-13-10-26(2)12-17(13)25-27/h3-9,11,24H,10,12H2,1-2H3. The Morgan fingerprint density at radius 2 is 1.81 bits per heavy atom. The fraction of sp³-hybridized carbons (Fsp3) is 0.250. The SMILES string of the molecule is CNS(=O)(=O)c1ccc(Oc2ccc(C(F)(F)F)cc2)c(-n2cc3c(n2)CN(C)C3)c1. The molecule has 0 atom stereocenters. The van der Waals surface area contributed by atoms with Crippen molar-refractivity contribution in [3.8, 4) is 17.2 Å². The zero-order valence-electron chi connectivity index (χ0n) is 16.6. The van der Waals surface area contributed by atoms with E-state index in [-0.39, 0.29) is 16.4 Å². The number of fused-ring (bicyclic) bond motifs is 1. The third-order valence-corrected chi connectivity index (χ3v) is 6.31. The Morgan fingerprint density at radius 3 is 2.42 bits per heavy atom. The summed E-state index contributed by atoms with van der Waals surface area (Å²) in [5.74, 6) is 0.433. The van der Waals surface area contributed by atoms with E-state index in [1.165, 1.54) is 42.1 Å². The minimum absolute atomic E-state index is 0.0116. The summed E-state index contributed by atoms with van der Waals surface area (Å²) in [6, 6.07) is 8.50. The normalized spacial score (nSPS) is 14.6. The molecule has 31 heavy (non-hydrogen) atoms. The molecule has 0 spiro atoms. The first kappa shape index (κ1) is 21.3. The van der Waals surface area contributed by atoms with Gasteiger partial charge in [0, 0.05) is 24.8 Å². The van der Waals surface area contributed by atoms with Crippen LogP contribution in [0.3, 0.4) is 0 Å². The van der Waals surface area contributed by atoms with Gasteiger partial charge in [-0.25, -0.2) is 17.8 Å². The molecule has 7 nitrogen and oxygen atoms in total. The highest BCUT2D eigenvalue weighted by Crippen LogP contribution is 2.34. The van der Waals surface area contributed by atoms with Crippen LogP contribution < -0.4 is 9.46 Å². The molecule has 1 N–H and O–H groups in total. The highest BCUT2D eigenvalue weighted by Gasteiger charge is 2.30. The van der Waals surface area contributed by atoms with Crippen molar-refractivity contribution < 1.29 is 26.3 Å². The summed E-state index contributed by atoms with van der Waals surface area (Å²) >= 11 is 0. The summed E-state index contributed by atoms with van der Waals surface area (Å²) in [7, 11) is -0.455. The molecule has 164 valence electrons. The lowest BCUT2D eigenvalue weighted by Gasteiger charge is -2.14. The summed E-state index contributed by atoms with van der Waals surface area (Å²) in [4.78, 5) is 2.10. The van der Waals surface area contributed by atoms with Crippen LogP contribution in [0.1, 0.15) is 16.8 Å². The van der Waals surface area contributed by atoms with Crippen LogP contribution in [0.15, 0.2) is 53.6 Å². The number of alkyl halides is 3. The molecule has 11 heteroatoms. The maximum absolute atomic E-state index is 12.8. The summed E-state index contributed by atoms with van der Waals surface area (Å²) in [5.41, 5.74) is 1.44. The molecule has 1 aromatic heterocycles. The van der Waals surface area contributed by atoms with Crippen LogP contribution in [0, 0.1) is 0 Å². The molecule has 0 saturated heterocycles. The van der Waals surface area contributed by atoms with Gasteiger partial charge in [-0.05, 0) is 56.6 Å². The van der Waals surface area contributed by atoms with E-state index in [1.807, 2.05) is 7.05 Å². The number of nitrogens with zero attached hydrogens (tertiary/aromatic N) is 3. The first-order valence-electron chi connectivity index (χ1n) is 9.26. The maximum atomic E-state index is 12.8. The zero-order valence-corrected chi connectivity index (χ0v) is 17.5. The molecule has 2 heterocycles. The van der Waals surface area contributed by atoms with Crippen LogP contribution in [-0.2, 0) is 29.3 Å². The second-order valence-corrected chi connectivity index (χ2v) is 9.07. The van der Waals surface area contributed by atoms with Crippen molar-refractivity contribution in [2.24, 2.45) is 0 Å². The van der Waals surface area contributed by atoms with E-state index in [0.29, 0.717) is 18.8 Å². The van der Waals surface area contributed by atoms with Crippen molar-refractivity contribution in [2.75, 3.05) is 14.1 Å². The molecule has 2 aromatic carbocycles. The fourth-order valence-corrected chi connectivity index (χ4v) is 4.07. The Labute approximate surface area is 177 Å². The van der Waals surface area contributed by atoms with E-state index in [2.05, 4.69) is 14.7 Å². The van der Waals surface area contributed by atoms with E-state index in [4.69, 9.17) is 4.74 Å². The molecule has 3 aromatic rings. The van der Waals surface area contributed by atoms with Gasteiger partial charge in [0.25, 0.3) is 0 Å². The molecule has 1 aliphatic heterocycles. The summed E-state index contributed by atoms with van der Waals surface area (Å²) in [5, 5.41) is 4.54. The minimum Gasteiger partial charge on any atom is -0.455 e. The van der Waals surface area contributed by atoms with Crippen molar-refractivity contribution in [3.05, 3.63) is 65.5 Å². The van der Waals surface area contributed by atoms with Crippen molar-refractivity contribution in [2.45, 2.75) is 24.2 Å². The Bertz CT molecular complexity index is 1200. The van der Waals surface area contributed by atoms with Crippen molar-refractivity contribution in [1.29, 1.82) is 0 Å². The highest BCUT2D eigenvalue weighted by atomic mass is 32.2. The Kier molecular flexibility index (Phi) is 5.28. The second-order valence-electron chi connectivity index (χ2n) is 7.18. The van der Waals surface area contributed by atoms with Gasteiger partial charge in [-0.2, -0.15) is 18.3 Å². The number of benzene rings is 2. The highest BCUT2D eigenvalue weighted by molar-refractivity contribution is 7.89. The van der Waals surface area contributed by atoms with Gasteiger partial charge < -0.3 is 4.74 Å². The average Bonchev–Trinajstić information content (AvgIpc) is 3.25. The summed E-state index contributed by atoms with van der Waals surface area (Å²) in [6.07, 6.45) is -2.65. The van der Waals surface area contributed by atoms with Crippen LogP contribution >= 0.6 is 0 Å². The zero-order chi connectivity index (χ0) is 22.4. The Morgan fingerprint density at radius 1 is 1.10 bits per heavy atom. The van der Waals surface area contributed by atoms with Crippen molar-refractivity contribution in [3.63, 3.8) is 0 Å². The fourth-order valence-electron chi connectivity index (χ4n) is 3.32. The number of aromatic nitrogens is 2. The Balaban J connectivity index is 1.74. The minimum atomic E-state index is -4.45. The van der Waals surface area contributed by atoms with Crippen molar-refractivity contribution >= 4 is 10.0 Å². The number of nitrogens with one attached hydrogen (secondary N) is 1. The van der Waals surface area contributed by atoms with Gasteiger partial charge in [0.05, 0.1) is 16.2 Å². The number of halogens is 3. The van der Waals surface area contributed by atoms with E-state index in [9.17, 15) is 21.6 Å². The first-order chi connectivity index (χ1) is 14.6. The maximum Gasteiger partial charge on any atom is 0.416 e. The predicted octanol–water partition coefficient (Wildman–Crippen LogP) is 3.54. The number of hydrogen-bond donors (Lipinski definition) is 1. The number of rotatable bonds is 5. The molecule has 0 unspecified atom stereocenters. The van der Waals surface area contributed by atoms with Gasteiger partial charge in [0.1, 0.15) is 11.4 Å². The smallest absolute Gasteiger partial charge is 0.416 e. The van der Waals surface area contributed by atoms with Crippen LogP contribution in [0.5, 0.6) is 11.5 Å². The van der Waals surface area contributed by atoms with E-state index in [1.54, 1.807) is 6.20 Å². The quantitative estimate of drug-likeness (QED) is 0.641. The third-order valence-electron chi connectivity index (χ3n) is 4.90. The van der Waals surface area contributed by atoms with Gasteiger partial charge >= 0.3 is 6.18 Å². The molecule has 0 saturated carbocycles. The van der Waals surface area contributed by atoms with Gasteiger partial charge in [-0.1, -0.05) is 0 Å². The third kappa shape index (κ3) is 4.29. The van der Waals surface area contributed by atoms with Gasteiger partial charge in [-0.15, -0.1) is 0 Å². The number of hydrogen-bond acceptors (Lipinski definition) is 5. The molecular formula is C20H19F3N4O3S. The van der Waals surface area contributed by atoms with Crippen LogP contribution in [0.2, 0.25) is 0 Å². The van der Waals surface area contributed by atoms with Gasteiger partial charge in [-0.3, -0.25) is 4.90 Å². The van der Waals surface area contributed by atoms with Gasteiger partial charge in [0.15, 0.2) is 5.75 Å². The lowest BCUT2D eigenvalue weighted by Crippen LogP contribution is -2.19. The van der Waals surface area contributed by atoms with Crippen LogP contribution in [0.25, 0.3) is 5.69 Å². The van der Waals surface area contributed by atoms with E-state index in [0.717, 1.165) is 23.4 Å². The molecule has 4 rings (SSSR count). The lowest BCUT2D eigenvalue weighted by molar-refractivity contribution is -0.137. The van der Waals surface area contributed by atoms with Crippen molar-refractivity contribution in [1.82, 2.24) is 19.4 Å². The molecule has 0 fully saturated rings. The lowest BCUT2D eigenvalue weighted by atomic mass is 10.2. The van der Waals surface area contributed by atoms with E-state index < -0.39 is 21.8 Å². The van der Waals surface area contributed by atoms with Crippen LogP contribution in [-0.4, -0.2) is 37.2 Å². The largest absolute Gasteiger partial charge is 0.455 e. The molecular weight excluding hydrogens is 433 g/mol. The molecule has 1 aliphatic rings. The van der Waals surface area contributed by atoms with E-state index >= 15 is 0 Å². The Hall–Kier alpha value is -2.89. The summed E-state index contributed by atoms with van der Waals surface area (Å²) in [6.45, 7) is 1.37. The number of sulfonamides is 1. The van der Waals surface area contributed by atoms with Crippen LogP contribution in [0.4, 0.5) is 13.2 Å². The monoisotopic (exact) mass is 452 g/mol. The average molecular weight is 452 g/mol.